The fraction of sp³-hybridized carbons (Fsp3) is 0.533. The van der Waals surface area contributed by atoms with Crippen LogP contribution in [0.4, 0.5) is 9.18 Å². The minimum atomic E-state index is -0.241. The Morgan fingerprint density at radius 3 is 3.00 bits per heavy atom. The fourth-order valence-corrected chi connectivity index (χ4v) is 3.16. The predicted molar refractivity (Wildman–Crippen MR) is 74.7 cm³/mol. The molecule has 1 aromatic rings. The molecule has 0 spiro atoms. The van der Waals surface area contributed by atoms with Gasteiger partial charge in [0.25, 0.3) is 0 Å². The van der Waals surface area contributed by atoms with Crippen LogP contribution in [0.15, 0.2) is 24.3 Å². The fourth-order valence-electron chi connectivity index (χ4n) is 3.16. The number of hydrogen-bond donors (Lipinski definition) is 2. The second kappa shape index (κ2) is 5.05. The van der Waals surface area contributed by atoms with Crippen LogP contribution in [0.3, 0.4) is 0 Å². The molecule has 1 heterocycles. The molecule has 3 N–H and O–H groups in total. The van der Waals surface area contributed by atoms with E-state index in [9.17, 15) is 9.18 Å². The number of carbonyl (C=O) groups excluding carboxylic acids is 1. The van der Waals surface area contributed by atoms with Crippen LogP contribution in [0.25, 0.3) is 0 Å². The molecule has 0 aromatic heterocycles. The summed E-state index contributed by atoms with van der Waals surface area (Å²) in [4.78, 5) is 13.9. The number of urea groups is 1. The number of nitrogens with zero attached hydrogens (tertiary/aromatic N) is 1. The van der Waals surface area contributed by atoms with E-state index in [0.717, 1.165) is 24.9 Å². The summed E-state index contributed by atoms with van der Waals surface area (Å²) < 4.78 is 13.0. The average molecular weight is 277 g/mol. The molecule has 2 atom stereocenters. The van der Waals surface area contributed by atoms with Crippen molar-refractivity contribution in [1.82, 2.24) is 10.2 Å². The van der Waals surface area contributed by atoms with Crippen LogP contribution in [0.5, 0.6) is 0 Å². The van der Waals surface area contributed by atoms with Crippen molar-refractivity contribution in [3.05, 3.63) is 35.6 Å². The first-order valence-electron chi connectivity index (χ1n) is 7.13. The highest BCUT2D eigenvalue weighted by molar-refractivity contribution is 5.74. The van der Waals surface area contributed by atoms with Gasteiger partial charge in [-0.15, -0.1) is 0 Å². The van der Waals surface area contributed by atoms with Crippen molar-refractivity contribution in [2.45, 2.75) is 24.8 Å². The van der Waals surface area contributed by atoms with Gasteiger partial charge in [0.15, 0.2) is 0 Å². The Kier molecular flexibility index (Phi) is 3.38. The normalized spacial score (nSPS) is 27.9. The predicted octanol–water partition coefficient (Wildman–Crippen LogP) is 1.50. The Morgan fingerprint density at radius 1 is 1.55 bits per heavy atom. The third-order valence-electron chi connectivity index (χ3n) is 4.56. The van der Waals surface area contributed by atoms with Crippen LogP contribution in [-0.4, -0.2) is 36.1 Å². The molecule has 1 aromatic carbocycles. The summed E-state index contributed by atoms with van der Waals surface area (Å²) in [5, 5.41) is 2.89. The highest BCUT2D eigenvalue weighted by Crippen LogP contribution is 2.42. The molecule has 2 fully saturated rings. The van der Waals surface area contributed by atoms with Gasteiger partial charge in [-0.2, -0.15) is 0 Å². The zero-order chi connectivity index (χ0) is 14.2. The van der Waals surface area contributed by atoms with Crippen molar-refractivity contribution in [3.8, 4) is 0 Å². The maximum Gasteiger partial charge on any atom is 0.317 e. The zero-order valence-electron chi connectivity index (χ0n) is 11.4. The molecule has 1 saturated heterocycles. The number of fused-ring (bicyclic) bond motifs is 1. The molecular weight excluding hydrogens is 257 g/mol. The molecule has 1 aliphatic heterocycles. The van der Waals surface area contributed by atoms with E-state index in [0.29, 0.717) is 25.4 Å². The summed E-state index contributed by atoms with van der Waals surface area (Å²) in [5.41, 5.74) is 6.96. The minimum Gasteiger partial charge on any atom is -0.338 e. The van der Waals surface area contributed by atoms with Gasteiger partial charge in [0, 0.05) is 25.2 Å². The average Bonchev–Trinajstić information content (AvgIpc) is 2.63. The number of carbonyl (C=O) groups is 1. The van der Waals surface area contributed by atoms with E-state index in [1.165, 1.54) is 12.1 Å². The van der Waals surface area contributed by atoms with Gasteiger partial charge in [0.2, 0.25) is 0 Å². The number of benzene rings is 1. The molecule has 4 nitrogen and oxygen atoms in total. The molecule has 0 bridgehead atoms. The van der Waals surface area contributed by atoms with Gasteiger partial charge in [0.1, 0.15) is 5.82 Å². The van der Waals surface area contributed by atoms with Gasteiger partial charge >= 0.3 is 6.03 Å². The number of likely N-dealkylation sites (tertiary alicyclic amines) is 1. The first-order chi connectivity index (χ1) is 9.57. The standard InChI is InChI=1S/C15H20FN3O/c16-13-3-1-2-11(8-13)5-7-18-14(20)19-9-12-4-6-15(12,17)10-19/h1-3,8,12H,4-7,9-10,17H2,(H,18,20)/t12-,15-/m0/s1. The maximum absolute atomic E-state index is 13.0. The molecule has 5 heteroatoms. The van der Waals surface area contributed by atoms with Gasteiger partial charge in [-0.05, 0) is 42.9 Å². The quantitative estimate of drug-likeness (QED) is 0.879. The van der Waals surface area contributed by atoms with Crippen molar-refractivity contribution in [2.75, 3.05) is 19.6 Å². The van der Waals surface area contributed by atoms with Gasteiger partial charge < -0.3 is 16.0 Å². The van der Waals surface area contributed by atoms with E-state index in [-0.39, 0.29) is 17.4 Å². The lowest BCUT2D eigenvalue weighted by Gasteiger charge is -2.39. The smallest absolute Gasteiger partial charge is 0.317 e. The van der Waals surface area contributed by atoms with Crippen LogP contribution < -0.4 is 11.1 Å². The monoisotopic (exact) mass is 277 g/mol. The van der Waals surface area contributed by atoms with Crippen LogP contribution in [-0.2, 0) is 6.42 Å². The van der Waals surface area contributed by atoms with Crippen molar-refractivity contribution in [2.24, 2.45) is 11.7 Å². The Bertz CT molecular complexity index is 522. The molecule has 1 saturated carbocycles. The maximum atomic E-state index is 13.0. The SMILES string of the molecule is N[C@]12CC[C@H]1CN(C(=O)NCCc1cccc(F)c1)C2. The van der Waals surface area contributed by atoms with E-state index in [2.05, 4.69) is 5.32 Å². The number of hydrogen-bond acceptors (Lipinski definition) is 2. The third-order valence-corrected chi connectivity index (χ3v) is 4.56. The minimum absolute atomic E-state index is 0.0550. The lowest BCUT2D eigenvalue weighted by Crippen LogP contribution is -2.55. The lowest BCUT2D eigenvalue weighted by atomic mass is 9.70. The molecule has 0 radical (unpaired) electrons. The van der Waals surface area contributed by atoms with E-state index >= 15 is 0 Å². The molecule has 2 aliphatic rings. The van der Waals surface area contributed by atoms with Crippen LogP contribution >= 0.6 is 0 Å². The molecule has 2 amide bonds. The van der Waals surface area contributed by atoms with Gasteiger partial charge in [-0.1, -0.05) is 12.1 Å². The van der Waals surface area contributed by atoms with Gasteiger partial charge in [-0.3, -0.25) is 0 Å². The van der Waals surface area contributed by atoms with E-state index in [1.807, 2.05) is 11.0 Å². The molecular formula is C15H20FN3O. The third kappa shape index (κ3) is 2.50. The Balaban J connectivity index is 1.46. The number of rotatable bonds is 3. The van der Waals surface area contributed by atoms with Crippen molar-refractivity contribution in [1.29, 1.82) is 0 Å². The van der Waals surface area contributed by atoms with E-state index < -0.39 is 0 Å². The molecule has 108 valence electrons. The lowest BCUT2D eigenvalue weighted by molar-refractivity contribution is 0.187. The van der Waals surface area contributed by atoms with Gasteiger partial charge in [0.05, 0.1) is 0 Å². The second-order valence-corrected chi connectivity index (χ2v) is 5.96. The highest BCUT2D eigenvalue weighted by Gasteiger charge is 2.51. The molecule has 1 aliphatic carbocycles. The van der Waals surface area contributed by atoms with E-state index in [4.69, 9.17) is 5.73 Å². The second-order valence-electron chi connectivity index (χ2n) is 5.96. The van der Waals surface area contributed by atoms with Crippen LogP contribution in [0, 0.1) is 11.7 Å². The Hall–Kier alpha value is -1.62. The number of halogens is 1. The summed E-state index contributed by atoms with van der Waals surface area (Å²) in [5.74, 6) is 0.228. The van der Waals surface area contributed by atoms with Gasteiger partial charge in [-0.25, -0.2) is 9.18 Å². The number of nitrogens with one attached hydrogen (secondary N) is 1. The number of nitrogens with two attached hydrogens (primary N) is 1. The zero-order valence-corrected chi connectivity index (χ0v) is 11.4. The van der Waals surface area contributed by atoms with Crippen LogP contribution in [0.1, 0.15) is 18.4 Å². The summed E-state index contributed by atoms with van der Waals surface area (Å²) >= 11 is 0. The van der Waals surface area contributed by atoms with Crippen molar-refractivity contribution < 1.29 is 9.18 Å². The molecule has 3 rings (SSSR count). The number of amides is 2. The molecule has 20 heavy (non-hydrogen) atoms. The first kappa shape index (κ1) is 13.4. The summed E-state index contributed by atoms with van der Waals surface area (Å²) in [6.07, 6.45) is 2.78. The Labute approximate surface area is 118 Å². The summed E-state index contributed by atoms with van der Waals surface area (Å²) in [6, 6.07) is 6.41. The highest BCUT2D eigenvalue weighted by atomic mass is 19.1. The first-order valence-corrected chi connectivity index (χ1v) is 7.13. The largest absolute Gasteiger partial charge is 0.338 e. The van der Waals surface area contributed by atoms with Crippen LogP contribution in [0.2, 0.25) is 0 Å². The molecule has 0 unspecified atom stereocenters. The van der Waals surface area contributed by atoms with Crippen molar-refractivity contribution in [3.63, 3.8) is 0 Å². The summed E-state index contributed by atoms with van der Waals surface area (Å²) in [7, 11) is 0. The summed E-state index contributed by atoms with van der Waals surface area (Å²) in [6.45, 7) is 1.94. The van der Waals surface area contributed by atoms with Crippen molar-refractivity contribution >= 4 is 6.03 Å². The Morgan fingerprint density at radius 2 is 2.40 bits per heavy atom. The topological polar surface area (TPSA) is 58.4 Å². The van der Waals surface area contributed by atoms with E-state index in [1.54, 1.807) is 6.07 Å².